The Balaban J connectivity index is 3.02. The lowest BCUT2D eigenvalue weighted by molar-refractivity contribution is -0.144. The predicted molar refractivity (Wildman–Crippen MR) is 130 cm³/mol. The Labute approximate surface area is 213 Å². The molecule has 0 aliphatic carbocycles. The molecule has 0 aromatic heterocycles. The molecule has 204 valence electrons. The van der Waals surface area contributed by atoms with Crippen molar-refractivity contribution in [2.45, 2.75) is 70.1 Å². The molecule has 13 heteroatoms. The van der Waals surface area contributed by atoms with Crippen LogP contribution in [0.1, 0.15) is 45.1 Å². The van der Waals surface area contributed by atoms with E-state index in [1.54, 1.807) is 44.2 Å². The number of nitrogens with two attached hydrogens (primary N) is 1. The molecule has 3 amide bonds. The maximum absolute atomic E-state index is 13.0. The van der Waals surface area contributed by atoms with Crippen LogP contribution in [0.25, 0.3) is 0 Å². The number of benzene rings is 1. The van der Waals surface area contributed by atoms with Crippen molar-refractivity contribution in [2.75, 3.05) is 0 Å². The van der Waals surface area contributed by atoms with Crippen LogP contribution in [-0.2, 0) is 35.2 Å². The molecule has 4 atom stereocenters. The van der Waals surface area contributed by atoms with Gasteiger partial charge in [0.2, 0.25) is 17.7 Å². The molecule has 0 spiro atoms. The number of hydrogen-bond donors (Lipinski definition) is 7. The Bertz CT molecular complexity index is 968. The Morgan fingerprint density at radius 2 is 1.22 bits per heavy atom. The summed E-state index contributed by atoms with van der Waals surface area (Å²) in [6, 6.07) is 3.63. The molecule has 0 saturated heterocycles. The number of hydrogen-bond acceptors (Lipinski definition) is 7. The molecule has 8 N–H and O–H groups in total. The lowest BCUT2D eigenvalue weighted by Gasteiger charge is -2.25. The highest BCUT2D eigenvalue weighted by atomic mass is 16.4. The Hall–Kier alpha value is -4.00. The van der Waals surface area contributed by atoms with Gasteiger partial charge in [-0.25, -0.2) is 4.79 Å². The molecule has 0 heterocycles. The number of nitrogens with one attached hydrogen (secondary N) is 3. The normalized spacial score (nSPS) is 14.1. The quantitative estimate of drug-likeness (QED) is 0.147. The van der Waals surface area contributed by atoms with Gasteiger partial charge < -0.3 is 37.0 Å². The van der Waals surface area contributed by atoms with Gasteiger partial charge in [0.1, 0.15) is 18.1 Å². The topological polar surface area (TPSA) is 225 Å². The van der Waals surface area contributed by atoms with Gasteiger partial charge >= 0.3 is 17.9 Å². The Kier molecular flexibility index (Phi) is 12.7. The predicted octanol–water partition coefficient (Wildman–Crippen LogP) is -0.519. The summed E-state index contributed by atoms with van der Waals surface area (Å²) in [5.41, 5.74) is 6.71. The van der Waals surface area contributed by atoms with Crippen LogP contribution in [-0.4, -0.2) is 75.1 Å². The smallest absolute Gasteiger partial charge is 0.326 e. The van der Waals surface area contributed by atoms with E-state index in [0.29, 0.717) is 0 Å². The molecule has 13 nitrogen and oxygen atoms in total. The number of carboxylic acids is 3. The number of amides is 3. The molecule has 0 fully saturated rings. The van der Waals surface area contributed by atoms with E-state index in [4.69, 9.17) is 15.9 Å². The van der Waals surface area contributed by atoms with Gasteiger partial charge in [0, 0.05) is 12.8 Å². The maximum Gasteiger partial charge on any atom is 0.326 e. The number of carbonyl (C=O) groups excluding carboxylic acids is 3. The van der Waals surface area contributed by atoms with E-state index in [9.17, 15) is 33.9 Å². The monoisotopic (exact) mass is 522 g/mol. The molecule has 0 radical (unpaired) electrons. The van der Waals surface area contributed by atoms with Gasteiger partial charge in [0.15, 0.2) is 0 Å². The third kappa shape index (κ3) is 11.5. The first-order chi connectivity index (χ1) is 17.3. The van der Waals surface area contributed by atoms with E-state index in [-0.39, 0.29) is 19.3 Å². The minimum Gasteiger partial charge on any atom is -0.481 e. The number of carboxylic acid groups (broad SMARTS) is 3. The van der Waals surface area contributed by atoms with Crippen molar-refractivity contribution in [1.29, 1.82) is 0 Å². The highest BCUT2D eigenvalue weighted by Gasteiger charge is 2.31. The van der Waals surface area contributed by atoms with E-state index in [1.807, 2.05) is 0 Å². The highest BCUT2D eigenvalue weighted by Crippen LogP contribution is 2.08. The average Bonchev–Trinajstić information content (AvgIpc) is 2.82. The van der Waals surface area contributed by atoms with Crippen LogP contribution in [0.3, 0.4) is 0 Å². The SMILES string of the molecule is CC(C)C(NC(=O)C(CCC(=O)O)NC(=O)C(CCC(=O)O)NC(=O)C(N)Cc1ccccc1)C(=O)O. The van der Waals surface area contributed by atoms with Crippen molar-refractivity contribution in [1.82, 2.24) is 16.0 Å². The summed E-state index contributed by atoms with van der Waals surface area (Å²) < 4.78 is 0. The third-order valence-corrected chi connectivity index (χ3v) is 5.43. The van der Waals surface area contributed by atoms with E-state index in [1.165, 1.54) is 0 Å². The van der Waals surface area contributed by atoms with Crippen molar-refractivity contribution in [2.24, 2.45) is 11.7 Å². The molecule has 1 aromatic carbocycles. The molecule has 0 aliphatic rings. The maximum atomic E-state index is 13.0. The molecule has 0 aliphatic heterocycles. The number of rotatable bonds is 16. The fraction of sp³-hybridized carbons (Fsp3) is 0.500. The van der Waals surface area contributed by atoms with Crippen LogP contribution in [0.4, 0.5) is 0 Å². The van der Waals surface area contributed by atoms with Crippen LogP contribution in [0.2, 0.25) is 0 Å². The zero-order valence-electron chi connectivity index (χ0n) is 20.7. The van der Waals surface area contributed by atoms with Gasteiger partial charge in [-0.05, 0) is 30.7 Å². The number of aliphatic carboxylic acids is 3. The summed E-state index contributed by atoms with van der Waals surface area (Å²) in [6.07, 6.45) is -1.57. The van der Waals surface area contributed by atoms with Crippen LogP contribution in [0, 0.1) is 5.92 Å². The minimum absolute atomic E-state index is 0.148. The first kappa shape index (κ1) is 31.0. The van der Waals surface area contributed by atoms with Crippen LogP contribution in [0.5, 0.6) is 0 Å². The lowest BCUT2D eigenvalue weighted by atomic mass is 10.0. The fourth-order valence-corrected chi connectivity index (χ4v) is 3.35. The molecule has 0 saturated carbocycles. The van der Waals surface area contributed by atoms with Gasteiger partial charge in [-0.2, -0.15) is 0 Å². The average molecular weight is 523 g/mol. The second-order valence-corrected chi connectivity index (χ2v) is 8.85. The Morgan fingerprint density at radius 3 is 1.65 bits per heavy atom. The summed E-state index contributed by atoms with van der Waals surface area (Å²) in [7, 11) is 0. The molecule has 37 heavy (non-hydrogen) atoms. The molecule has 4 unspecified atom stereocenters. The van der Waals surface area contributed by atoms with Gasteiger partial charge in [0.05, 0.1) is 6.04 Å². The van der Waals surface area contributed by atoms with Crippen molar-refractivity contribution in [3.05, 3.63) is 35.9 Å². The lowest BCUT2D eigenvalue weighted by Crippen LogP contribution is -2.57. The third-order valence-electron chi connectivity index (χ3n) is 5.43. The van der Waals surface area contributed by atoms with Crippen molar-refractivity contribution in [3.63, 3.8) is 0 Å². The van der Waals surface area contributed by atoms with Crippen molar-refractivity contribution in [3.8, 4) is 0 Å². The molecular weight excluding hydrogens is 488 g/mol. The van der Waals surface area contributed by atoms with Crippen LogP contribution in [0.15, 0.2) is 30.3 Å². The highest BCUT2D eigenvalue weighted by molar-refractivity contribution is 5.94. The van der Waals surface area contributed by atoms with Gasteiger partial charge in [-0.1, -0.05) is 44.2 Å². The number of carbonyl (C=O) groups is 6. The van der Waals surface area contributed by atoms with Crippen LogP contribution >= 0.6 is 0 Å². The largest absolute Gasteiger partial charge is 0.481 e. The molecule has 0 bridgehead atoms. The van der Waals surface area contributed by atoms with Gasteiger partial charge in [-0.15, -0.1) is 0 Å². The van der Waals surface area contributed by atoms with E-state index < -0.39 is 78.6 Å². The van der Waals surface area contributed by atoms with E-state index in [0.717, 1.165) is 5.56 Å². The van der Waals surface area contributed by atoms with Crippen molar-refractivity contribution < 1.29 is 44.1 Å². The standard InChI is InChI=1S/C24H34N4O9/c1-13(2)20(24(36)37)28-23(35)17(9-11-19(31)32)27-22(34)16(8-10-18(29)30)26-21(33)15(25)12-14-6-4-3-5-7-14/h3-7,13,15-17,20H,8-12,25H2,1-2H3,(H,26,33)(H,27,34)(H,28,35)(H,29,30)(H,31,32)(H,36,37). The first-order valence-corrected chi connectivity index (χ1v) is 11.7. The van der Waals surface area contributed by atoms with E-state index >= 15 is 0 Å². The zero-order valence-corrected chi connectivity index (χ0v) is 20.7. The zero-order chi connectivity index (χ0) is 28.1. The van der Waals surface area contributed by atoms with Crippen LogP contribution < -0.4 is 21.7 Å². The molecule has 1 aromatic rings. The summed E-state index contributed by atoms with van der Waals surface area (Å²) >= 11 is 0. The first-order valence-electron chi connectivity index (χ1n) is 11.7. The summed E-state index contributed by atoms with van der Waals surface area (Å²) in [5.74, 6) is -6.91. The summed E-state index contributed by atoms with van der Waals surface area (Å²) in [4.78, 5) is 72.0. The van der Waals surface area contributed by atoms with Crippen molar-refractivity contribution >= 4 is 35.6 Å². The summed E-state index contributed by atoms with van der Waals surface area (Å²) in [6.45, 7) is 3.11. The second kappa shape index (κ2) is 15.2. The van der Waals surface area contributed by atoms with Gasteiger partial charge in [-0.3, -0.25) is 24.0 Å². The molecular formula is C24H34N4O9. The minimum atomic E-state index is -1.45. The Morgan fingerprint density at radius 1 is 0.757 bits per heavy atom. The fourth-order valence-electron chi connectivity index (χ4n) is 3.35. The van der Waals surface area contributed by atoms with Gasteiger partial charge in [0.25, 0.3) is 0 Å². The summed E-state index contributed by atoms with van der Waals surface area (Å²) in [5, 5.41) is 34.4. The van der Waals surface area contributed by atoms with E-state index in [2.05, 4.69) is 16.0 Å². The second-order valence-electron chi connectivity index (χ2n) is 8.85. The molecule has 1 rings (SSSR count).